The summed E-state index contributed by atoms with van der Waals surface area (Å²) in [6.07, 6.45) is 0.374. The fraction of sp³-hybridized carbons (Fsp3) is 0.310. The van der Waals surface area contributed by atoms with Crippen LogP contribution in [0.25, 0.3) is 0 Å². The average Bonchev–Trinajstić information content (AvgIpc) is 2.88. The van der Waals surface area contributed by atoms with Crippen LogP contribution in [-0.4, -0.2) is 35.1 Å². The number of amides is 2. The highest BCUT2D eigenvalue weighted by Crippen LogP contribution is 2.27. The predicted molar refractivity (Wildman–Crippen MR) is 161 cm³/mol. The molecule has 0 aromatic heterocycles. The second-order valence-corrected chi connectivity index (χ2v) is 12.0. The van der Waals surface area contributed by atoms with E-state index in [1.54, 1.807) is 35.2 Å². The summed E-state index contributed by atoms with van der Waals surface area (Å²) >= 11 is 26.2. The number of carbonyl (C=O) groups excluding carboxylic acids is 2. The molecule has 3 rings (SSSR count). The fourth-order valence-electron chi connectivity index (χ4n) is 3.78. The highest BCUT2D eigenvalue weighted by Gasteiger charge is 2.30. The van der Waals surface area contributed by atoms with E-state index in [9.17, 15) is 9.59 Å². The molecule has 9 heteroatoms. The molecule has 38 heavy (non-hydrogen) atoms. The molecule has 202 valence electrons. The van der Waals surface area contributed by atoms with Crippen molar-refractivity contribution in [2.45, 2.75) is 38.6 Å². The Balaban J connectivity index is 1.87. The molecule has 3 aromatic rings. The summed E-state index contributed by atoms with van der Waals surface area (Å²) in [5.74, 6) is 0.653. The zero-order chi connectivity index (χ0) is 27.7. The number of rotatable bonds is 12. The van der Waals surface area contributed by atoms with Crippen molar-refractivity contribution in [1.29, 1.82) is 0 Å². The summed E-state index contributed by atoms with van der Waals surface area (Å²) in [6, 6.07) is 19.6. The van der Waals surface area contributed by atoms with E-state index in [0.29, 0.717) is 44.4 Å². The van der Waals surface area contributed by atoms with Gasteiger partial charge in [0.2, 0.25) is 11.8 Å². The van der Waals surface area contributed by atoms with Gasteiger partial charge in [-0.2, -0.15) is 0 Å². The number of carbonyl (C=O) groups is 2. The monoisotopic (exact) mass is 610 g/mol. The number of thioether (sulfide) groups is 1. The van der Waals surface area contributed by atoms with Gasteiger partial charge in [0.1, 0.15) is 6.04 Å². The third-order valence-electron chi connectivity index (χ3n) is 5.79. The minimum Gasteiger partial charge on any atom is -0.354 e. The lowest BCUT2D eigenvalue weighted by Gasteiger charge is -2.32. The van der Waals surface area contributed by atoms with Crippen molar-refractivity contribution in [3.8, 4) is 0 Å². The maximum absolute atomic E-state index is 13.7. The summed E-state index contributed by atoms with van der Waals surface area (Å²) in [7, 11) is 0. The highest BCUT2D eigenvalue weighted by molar-refractivity contribution is 7.99. The first kappa shape index (κ1) is 30.6. The quantitative estimate of drug-likeness (QED) is 0.226. The lowest BCUT2D eigenvalue weighted by molar-refractivity contribution is -0.139. The minimum atomic E-state index is -0.721. The molecule has 0 aliphatic rings. The molecule has 0 bridgehead atoms. The van der Waals surface area contributed by atoms with Crippen LogP contribution in [0.4, 0.5) is 0 Å². The van der Waals surface area contributed by atoms with Crippen LogP contribution in [0.3, 0.4) is 0 Å². The lowest BCUT2D eigenvalue weighted by atomic mass is 10.0. The largest absolute Gasteiger partial charge is 0.354 e. The number of halogens is 4. The summed E-state index contributed by atoms with van der Waals surface area (Å²) in [5.41, 5.74) is 2.63. The van der Waals surface area contributed by atoms with Crippen LogP contribution >= 0.6 is 58.2 Å². The van der Waals surface area contributed by atoms with Crippen LogP contribution in [0.5, 0.6) is 0 Å². The van der Waals surface area contributed by atoms with Gasteiger partial charge in [0.25, 0.3) is 0 Å². The molecule has 0 saturated heterocycles. The van der Waals surface area contributed by atoms with Crippen molar-refractivity contribution in [2.75, 3.05) is 12.3 Å². The molecule has 1 unspecified atom stereocenters. The normalized spacial score (nSPS) is 11.9. The summed E-state index contributed by atoms with van der Waals surface area (Å²) in [5, 5.41) is 4.93. The Morgan fingerprint density at radius 2 is 1.61 bits per heavy atom. The average molecular weight is 612 g/mol. The standard InChI is InChI=1S/C29H30Cl4N2O2S/c1-19(2)15-34-29(37)27(13-20-6-4-3-5-7-20)35(16-22-9-10-23(30)14-25(22)32)28(36)18-38-17-21-8-11-24(31)26(33)12-21/h3-12,14,19,27H,13,15-18H2,1-2H3,(H,34,37). The smallest absolute Gasteiger partial charge is 0.243 e. The van der Waals surface area contributed by atoms with Gasteiger partial charge in [-0.3, -0.25) is 9.59 Å². The van der Waals surface area contributed by atoms with Crippen molar-refractivity contribution < 1.29 is 9.59 Å². The first-order chi connectivity index (χ1) is 18.1. The first-order valence-electron chi connectivity index (χ1n) is 12.2. The van der Waals surface area contributed by atoms with Crippen LogP contribution in [-0.2, 0) is 28.3 Å². The Kier molecular flexibility index (Phi) is 12.1. The van der Waals surface area contributed by atoms with Crippen molar-refractivity contribution in [1.82, 2.24) is 10.2 Å². The van der Waals surface area contributed by atoms with Crippen LogP contribution in [0.15, 0.2) is 66.7 Å². The second-order valence-electron chi connectivity index (χ2n) is 9.34. The number of nitrogens with zero attached hydrogens (tertiary/aromatic N) is 1. The molecule has 0 spiro atoms. The Labute approximate surface area is 249 Å². The van der Waals surface area contributed by atoms with E-state index < -0.39 is 6.04 Å². The first-order valence-corrected chi connectivity index (χ1v) is 14.9. The van der Waals surface area contributed by atoms with Crippen molar-refractivity contribution >= 4 is 70.0 Å². The van der Waals surface area contributed by atoms with Crippen molar-refractivity contribution in [2.24, 2.45) is 5.92 Å². The van der Waals surface area contributed by atoms with E-state index >= 15 is 0 Å². The molecule has 0 heterocycles. The van der Waals surface area contributed by atoms with E-state index in [1.807, 2.05) is 50.2 Å². The fourth-order valence-corrected chi connectivity index (χ4v) is 5.43. The molecule has 1 atom stereocenters. The number of nitrogens with one attached hydrogen (secondary N) is 1. The summed E-state index contributed by atoms with van der Waals surface area (Å²) < 4.78 is 0. The van der Waals surface area contributed by atoms with E-state index in [-0.39, 0.29) is 30.0 Å². The van der Waals surface area contributed by atoms with Gasteiger partial charge < -0.3 is 10.2 Å². The molecule has 0 radical (unpaired) electrons. The Bertz CT molecular complexity index is 1240. The van der Waals surface area contributed by atoms with E-state index in [4.69, 9.17) is 46.4 Å². The minimum absolute atomic E-state index is 0.165. The molecule has 3 aromatic carbocycles. The summed E-state index contributed by atoms with van der Waals surface area (Å²) in [4.78, 5) is 28.8. The van der Waals surface area contributed by atoms with Crippen LogP contribution < -0.4 is 5.32 Å². The van der Waals surface area contributed by atoms with Crippen LogP contribution in [0, 0.1) is 5.92 Å². The van der Waals surface area contributed by atoms with Gasteiger partial charge >= 0.3 is 0 Å². The van der Waals surface area contributed by atoms with Gasteiger partial charge in [-0.25, -0.2) is 0 Å². The third kappa shape index (κ3) is 9.39. The summed E-state index contributed by atoms with van der Waals surface area (Å²) in [6.45, 7) is 4.75. The molecular formula is C29H30Cl4N2O2S. The van der Waals surface area contributed by atoms with Gasteiger partial charge in [-0.1, -0.05) is 103 Å². The Morgan fingerprint density at radius 3 is 2.26 bits per heavy atom. The Hall–Kier alpha value is -1.89. The molecular weight excluding hydrogens is 582 g/mol. The zero-order valence-corrected chi connectivity index (χ0v) is 25.1. The van der Waals surface area contributed by atoms with E-state index in [0.717, 1.165) is 11.1 Å². The second kappa shape index (κ2) is 15.0. The molecule has 2 amide bonds. The van der Waals surface area contributed by atoms with Gasteiger partial charge in [-0.05, 0) is 46.9 Å². The number of hydrogen-bond donors (Lipinski definition) is 1. The predicted octanol–water partition coefficient (Wildman–Crippen LogP) is 7.95. The van der Waals surface area contributed by atoms with Gasteiger partial charge in [-0.15, -0.1) is 11.8 Å². The number of benzene rings is 3. The molecule has 0 fully saturated rings. The topological polar surface area (TPSA) is 49.4 Å². The van der Waals surface area contributed by atoms with Crippen molar-refractivity contribution in [3.63, 3.8) is 0 Å². The van der Waals surface area contributed by atoms with Gasteiger partial charge in [0.15, 0.2) is 0 Å². The Morgan fingerprint density at radius 1 is 0.868 bits per heavy atom. The SMILES string of the molecule is CC(C)CNC(=O)C(Cc1ccccc1)N(Cc1ccc(Cl)cc1Cl)C(=O)CSCc1ccc(Cl)c(Cl)c1. The van der Waals surface area contributed by atoms with Crippen LogP contribution in [0.1, 0.15) is 30.5 Å². The van der Waals surface area contributed by atoms with Gasteiger partial charge in [0, 0.05) is 35.3 Å². The molecule has 1 N–H and O–H groups in total. The third-order valence-corrected chi connectivity index (χ3v) is 8.10. The van der Waals surface area contributed by atoms with E-state index in [2.05, 4.69) is 5.32 Å². The molecule has 0 aliphatic heterocycles. The lowest BCUT2D eigenvalue weighted by Crippen LogP contribution is -2.51. The highest BCUT2D eigenvalue weighted by atomic mass is 35.5. The van der Waals surface area contributed by atoms with Crippen molar-refractivity contribution in [3.05, 3.63) is 104 Å². The maximum atomic E-state index is 13.7. The molecule has 4 nitrogen and oxygen atoms in total. The van der Waals surface area contributed by atoms with Crippen LogP contribution in [0.2, 0.25) is 20.1 Å². The van der Waals surface area contributed by atoms with Gasteiger partial charge in [0.05, 0.1) is 15.8 Å². The number of hydrogen-bond acceptors (Lipinski definition) is 3. The maximum Gasteiger partial charge on any atom is 0.243 e. The zero-order valence-electron chi connectivity index (χ0n) is 21.2. The molecule has 0 aliphatic carbocycles. The molecule has 0 saturated carbocycles. The van der Waals surface area contributed by atoms with E-state index in [1.165, 1.54) is 11.8 Å².